The minimum absolute atomic E-state index is 0.548. The Morgan fingerprint density at radius 2 is 1.95 bits per heavy atom. The van der Waals surface area contributed by atoms with Gasteiger partial charge in [-0.25, -0.2) is 0 Å². The van der Waals surface area contributed by atoms with Crippen molar-refractivity contribution < 1.29 is 17.9 Å². The summed E-state index contributed by atoms with van der Waals surface area (Å²) in [6, 6.07) is 4.37. The van der Waals surface area contributed by atoms with Crippen molar-refractivity contribution in [3.8, 4) is 5.75 Å². The quantitative estimate of drug-likeness (QED) is 0.678. The molecule has 1 N–H and O–H groups in total. The summed E-state index contributed by atoms with van der Waals surface area (Å²) in [5, 5.41) is 2.95. The first-order valence-corrected chi connectivity index (χ1v) is 7.89. The molecule has 0 fully saturated rings. The molecule has 0 bridgehead atoms. The minimum Gasteiger partial charge on any atom is -0.492 e. The van der Waals surface area contributed by atoms with E-state index in [-0.39, 0.29) is 0 Å². The van der Waals surface area contributed by atoms with Crippen LogP contribution in [-0.2, 0) is 0 Å². The topological polar surface area (TPSA) is 21.3 Å². The molecule has 1 unspecified atom stereocenters. The number of rotatable bonds is 8. The molecule has 0 amide bonds. The summed E-state index contributed by atoms with van der Waals surface area (Å²) in [6.45, 7) is 5.05. The van der Waals surface area contributed by atoms with Gasteiger partial charge in [-0.15, -0.1) is 0 Å². The third kappa shape index (κ3) is 6.70. The molecule has 0 aliphatic carbocycles. The highest BCUT2D eigenvalue weighted by Crippen LogP contribution is 2.33. The van der Waals surface area contributed by atoms with Gasteiger partial charge in [0.1, 0.15) is 5.75 Å². The smallest absolute Gasteiger partial charge is 0.390 e. The molecule has 0 radical (unpaired) electrons. The standard InChI is InChI=1S/C15H21BrF3NO/c1-3-7-20-13(10-15(17,18)19)11-5-6-14(12(16)9-11)21-8-4-2/h5-6,9,13,20H,3-4,7-8,10H2,1-2H3. The van der Waals surface area contributed by atoms with E-state index in [2.05, 4.69) is 21.2 Å². The van der Waals surface area contributed by atoms with Crippen molar-refractivity contribution in [1.29, 1.82) is 0 Å². The van der Waals surface area contributed by atoms with Crippen molar-refractivity contribution >= 4 is 15.9 Å². The van der Waals surface area contributed by atoms with Gasteiger partial charge in [-0.3, -0.25) is 0 Å². The Morgan fingerprint density at radius 1 is 1.24 bits per heavy atom. The maximum absolute atomic E-state index is 12.7. The third-order valence-corrected chi connectivity index (χ3v) is 3.52. The fourth-order valence-corrected chi connectivity index (χ4v) is 2.43. The number of nitrogens with one attached hydrogen (secondary N) is 1. The summed E-state index contributed by atoms with van der Waals surface area (Å²) < 4.78 is 44.3. The monoisotopic (exact) mass is 367 g/mol. The van der Waals surface area contributed by atoms with Crippen molar-refractivity contribution in [3.05, 3.63) is 28.2 Å². The Bertz CT molecular complexity index is 437. The Morgan fingerprint density at radius 3 is 2.48 bits per heavy atom. The lowest BCUT2D eigenvalue weighted by Gasteiger charge is -2.21. The number of hydrogen-bond donors (Lipinski definition) is 1. The molecule has 0 heterocycles. The summed E-state index contributed by atoms with van der Waals surface area (Å²) in [5.41, 5.74) is 0.608. The lowest BCUT2D eigenvalue weighted by Crippen LogP contribution is -2.27. The summed E-state index contributed by atoms with van der Waals surface area (Å²) >= 11 is 3.36. The maximum Gasteiger partial charge on any atom is 0.390 e. The van der Waals surface area contributed by atoms with Crippen LogP contribution < -0.4 is 10.1 Å². The molecule has 0 aliphatic heterocycles. The maximum atomic E-state index is 12.7. The van der Waals surface area contributed by atoms with E-state index < -0.39 is 18.6 Å². The van der Waals surface area contributed by atoms with E-state index in [9.17, 15) is 13.2 Å². The largest absolute Gasteiger partial charge is 0.492 e. The second kappa shape index (κ2) is 8.63. The molecular weight excluding hydrogens is 347 g/mol. The zero-order chi connectivity index (χ0) is 15.9. The van der Waals surface area contributed by atoms with Gasteiger partial charge in [-0.2, -0.15) is 13.2 Å². The first-order valence-electron chi connectivity index (χ1n) is 7.09. The van der Waals surface area contributed by atoms with Crippen LogP contribution >= 0.6 is 15.9 Å². The molecule has 120 valence electrons. The lowest BCUT2D eigenvalue weighted by atomic mass is 10.0. The molecule has 21 heavy (non-hydrogen) atoms. The van der Waals surface area contributed by atoms with Gasteiger partial charge in [0.2, 0.25) is 0 Å². The van der Waals surface area contributed by atoms with Crippen LogP contribution in [0.2, 0.25) is 0 Å². The number of benzene rings is 1. The molecular formula is C15H21BrF3NO. The van der Waals surface area contributed by atoms with Crippen molar-refractivity contribution in [1.82, 2.24) is 5.32 Å². The molecule has 1 atom stereocenters. The molecule has 1 aromatic carbocycles. The Balaban J connectivity index is 2.88. The molecule has 0 saturated carbocycles. The highest BCUT2D eigenvalue weighted by Gasteiger charge is 2.32. The average Bonchev–Trinajstić information content (AvgIpc) is 2.41. The van der Waals surface area contributed by atoms with E-state index in [1.54, 1.807) is 18.2 Å². The molecule has 0 aliphatic rings. The second-order valence-electron chi connectivity index (χ2n) is 4.86. The zero-order valence-electron chi connectivity index (χ0n) is 12.3. The summed E-state index contributed by atoms with van der Waals surface area (Å²) in [4.78, 5) is 0. The third-order valence-electron chi connectivity index (χ3n) is 2.90. The number of ether oxygens (including phenoxy) is 1. The van der Waals surface area contributed by atoms with Crippen molar-refractivity contribution in [3.63, 3.8) is 0 Å². The van der Waals surface area contributed by atoms with Crippen LogP contribution in [0.4, 0.5) is 13.2 Å². The van der Waals surface area contributed by atoms with Crippen LogP contribution in [-0.4, -0.2) is 19.3 Å². The zero-order valence-corrected chi connectivity index (χ0v) is 13.9. The van der Waals surface area contributed by atoms with E-state index in [1.165, 1.54) is 0 Å². The van der Waals surface area contributed by atoms with Crippen LogP contribution in [0.25, 0.3) is 0 Å². The van der Waals surface area contributed by atoms with Crippen molar-refractivity contribution in [2.45, 2.75) is 45.3 Å². The second-order valence-corrected chi connectivity index (χ2v) is 5.72. The summed E-state index contributed by atoms with van der Waals surface area (Å²) in [5.74, 6) is 0.654. The van der Waals surface area contributed by atoms with E-state index in [0.717, 1.165) is 12.8 Å². The van der Waals surface area contributed by atoms with Crippen molar-refractivity contribution in [2.75, 3.05) is 13.2 Å². The minimum atomic E-state index is -4.20. The van der Waals surface area contributed by atoms with Gasteiger partial charge < -0.3 is 10.1 Å². The average molecular weight is 368 g/mol. The summed E-state index contributed by atoms with van der Waals surface area (Å²) in [6.07, 6.45) is -3.42. The Hall–Kier alpha value is -0.750. The number of halogens is 4. The summed E-state index contributed by atoms with van der Waals surface area (Å²) in [7, 11) is 0. The van der Waals surface area contributed by atoms with Gasteiger partial charge in [0.25, 0.3) is 0 Å². The Labute approximate surface area is 132 Å². The van der Waals surface area contributed by atoms with E-state index in [0.29, 0.717) is 28.9 Å². The SMILES string of the molecule is CCCNC(CC(F)(F)F)c1ccc(OCCC)c(Br)c1. The molecule has 1 rings (SSSR count). The van der Waals surface area contributed by atoms with Crippen LogP contribution in [0.15, 0.2) is 22.7 Å². The van der Waals surface area contributed by atoms with Gasteiger partial charge in [0.05, 0.1) is 17.5 Å². The van der Waals surface area contributed by atoms with Gasteiger partial charge >= 0.3 is 6.18 Å². The van der Waals surface area contributed by atoms with Crippen LogP contribution in [0.3, 0.4) is 0 Å². The molecule has 0 saturated heterocycles. The van der Waals surface area contributed by atoms with Crippen LogP contribution in [0.5, 0.6) is 5.75 Å². The van der Waals surface area contributed by atoms with Gasteiger partial charge in [0.15, 0.2) is 0 Å². The van der Waals surface area contributed by atoms with Gasteiger partial charge in [-0.1, -0.05) is 19.9 Å². The first-order chi connectivity index (χ1) is 9.87. The molecule has 2 nitrogen and oxygen atoms in total. The van der Waals surface area contributed by atoms with Crippen LogP contribution in [0, 0.1) is 0 Å². The van der Waals surface area contributed by atoms with Crippen molar-refractivity contribution in [2.24, 2.45) is 0 Å². The van der Waals surface area contributed by atoms with Crippen LogP contribution in [0.1, 0.15) is 44.7 Å². The van der Waals surface area contributed by atoms with Gasteiger partial charge in [0, 0.05) is 6.04 Å². The normalized spacial score (nSPS) is 13.2. The van der Waals surface area contributed by atoms with E-state index in [1.807, 2.05) is 13.8 Å². The number of hydrogen-bond acceptors (Lipinski definition) is 2. The number of alkyl halides is 3. The first kappa shape index (κ1) is 18.3. The molecule has 0 aromatic heterocycles. The highest BCUT2D eigenvalue weighted by molar-refractivity contribution is 9.10. The molecule has 1 aromatic rings. The molecule has 0 spiro atoms. The predicted octanol–water partition coefficient (Wildman–Crippen LogP) is 5.23. The predicted molar refractivity (Wildman–Crippen MR) is 81.6 cm³/mol. The molecule has 6 heteroatoms. The van der Waals surface area contributed by atoms with Gasteiger partial charge in [-0.05, 0) is 53.0 Å². The van der Waals surface area contributed by atoms with E-state index >= 15 is 0 Å². The Kier molecular flexibility index (Phi) is 7.52. The lowest BCUT2D eigenvalue weighted by molar-refractivity contribution is -0.140. The fraction of sp³-hybridized carbons (Fsp3) is 0.600. The fourth-order valence-electron chi connectivity index (χ4n) is 1.92. The highest BCUT2D eigenvalue weighted by atomic mass is 79.9. The van der Waals surface area contributed by atoms with E-state index in [4.69, 9.17) is 4.74 Å².